The van der Waals surface area contributed by atoms with Crippen LogP contribution < -0.4 is 5.73 Å². The molecule has 206 valence electrons. The van der Waals surface area contributed by atoms with E-state index in [1.54, 1.807) is 4.68 Å². The number of rotatable bonds is 10. The first kappa shape index (κ1) is 29.3. The summed E-state index contributed by atoms with van der Waals surface area (Å²) in [7, 11) is 0. The van der Waals surface area contributed by atoms with Crippen LogP contribution in [0.3, 0.4) is 0 Å². The first-order valence-corrected chi connectivity index (χ1v) is 12.6. The Kier molecular flexibility index (Phi) is 9.32. The molecule has 3 rings (SSSR count). The van der Waals surface area contributed by atoms with Crippen LogP contribution in [0.25, 0.3) is 11.4 Å². The minimum absolute atomic E-state index is 0.0381. The van der Waals surface area contributed by atoms with Crippen molar-refractivity contribution in [1.29, 1.82) is 0 Å². The fraction of sp³-hybridized carbons (Fsp3) is 0.464. The van der Waals surface area contributed by atoms with Crippen LogP contribution in [-0.4, -0.2) is 56.0 Å². The maximum Gasteiger partial charge on any atom is 0.251 e. The summed E-state index contributed by atoms with van der Waals surface area (Å²) < 4.78 is 43.6. The van der Waals surface area contributed by atoms with Gasteiger partial charge in [0, 0.05) is 12.6 Å². The molecule has 0 bridgehead atoms. The zero-order valence-corrected chi connectivity index (χ0v) is 22.5. The van der Waals surface area contributed by atoms with E-state index in [0.717, 1.165) is 29.3 Å². The molecule has 3 aromatic rings. The van der Waals surface area contributed by atoms with E-state index in [0.29, 0.717) is 5.82 Å². The second-order valence-electron chi connectivity index (χ2n) is 10.7. The highest BCUT2D eigenvalue weighted by Crippen LogP contribution is 2.39. The zero-order chi connectivity index (χ0) is 28.2. The molecule has 2 aromatic carbocycles. The fourth-order valence-electron chi connectivity index (χ4n) is 4.42. The minimum Gasteiger partial charge on any atom is -0.384 e. The lowest BCUT2D eigenvalue weighted by molar-refractivity contribution is -0.145. The van der Waals surface area contributed by atoms with Gasteiger partial charge in [0.25, 0.3) is 5.91 Å². The average molecular weight is 532 g/mol. The van der Waals surface area contributed by atoms with Crippen molar-refractivity contribution in [3.63, 3.8) is 0 Å². The summed E-state index contributed by atoms with van der Waals surface area (Å²) in [5, 5.41) is 14.8. The molecule has 1 amide bonds. The third-order valence-electron chi connectivity index (χ3n) is 6.24. The van der Waals surface area contributed by atoms with Crippen molar-refractivity contribution in [3.8, 4) is 11.4 Å². The molecule has 0 aliphatic rings. The number of amides is 1. The Hall–Kier alpha value is -3.24. The minimum atomic E-state index is -1.34. The van der Waals surface area contributed by atoms with Gasteiger partial charge in [-0.15, -0.1) is 0 Å². The lowest BCUT2D eigenvalue weighted by Crippen LogP contribution is -2.47. The number of carbonyl (C=O) groups is 1. The molecule has 38 heavy (non-hydrogen) atoms. The topological polar surface area (TPSA) is 97.3 Å². The molecular weight excluding hydrogens is 495 g/mol. The summed E-state index contributed by atoms with van der Waals surface area (Å²) >= 11 is 0. The third-order valence-corrected chi connectivity index (χ3v) is 6.24. The van der Waals surface area contributed by atoms with Crippen molar-refractivity contribution in [2.75, 3.05) is 13.2 Å². The van der Waals surface area contributed by atoms with Crippen molar-refractivity contribution in [1.82, 2.24) is 19.7 Å². The van der Waals surface area contributed by atoms with Crippen LogP contribution in [-0.2, 0) is 11.3 Å². The molecule has 10 heteroatoms. The van der Waals surface area contributed by atoms with E-state index in [1.165, 1.54) is 11.8 Å². The highest BCUT2D eigenvalue weighted by Gasteiger charge is 2.40. The molecule has 0 saturated carbocycles. The van der Waals surface area contributed by atoms with E-state index in [9.17, 15) is 23.1 Å². The average Bonchev–Trinajstić information content (AvgIpc) is 3.23. The molecular formula is C28H36F3N5O2. The van der Waals surface area contributed by atoms with Crippen LogP contribution in [0.5, 0.6) is 0 Å². The molecule has 1 aromatic heterocycles. The number of hydrogen-bond donors (Lipinski definition) is 2. The van der Waals surface area contributed by atoms with Gasteiger partial charge < -0.3 is 15.7 Å². The number of nitrogens with two attached hydrogens (primary N) is 1. The number of carbonyl (C=O) groups excluding carboxylic acids is 1. The van der Waals surface area contributed by atoms with Crippen LogP contribution in [0.15, 0.2) is 42.5 Å². The number of aromatic nitrogens is 3. The van der Waals surface area contributed by atoms with Crippen LogP contribution in [0, 0.1) is 24.0 Å². The van der Waals surface area contributed by atoms with Gasteiger partial charge in [0.15, 0.2) is 11.6 Å². The molecule has 0 aliphatic carbocycles. The molecule has 7 nitrogen and oxygen atoms in total. The first-order chi connectivity index (χ1) is 17.8. The van der Waals surface area contributed by atoms with Crippen molar-refractivity contribution >= 4 is 5.91 Å². The van der Waals surface area contributed by atoms with Crippen molar-refractivity contribution in [2.45, 2.75) is 65.8 Å². The molecule has 1 heterocycles. The Morgan fingerprint density at radius 3 is 2.50 bits per heavy atom. The van der Waals surface area contributed by atoms with Gasteiger partial charge in [-0.2, -0.15) is 5.10 Å². The number of aryl methyl sites for hydroxylation is 1. The largest absolute Gasteiger partial charge is 0.384 e. The van der Waals surface area contributed by atoms with Crippen LogP contribution in [0.4, 0.5) is 13.2 Å². The number of benzene rings is 2. The summed E-state index contributed by atoms with van der Waals surface area (Å²) in [4.78, 5) is 19.3. The van der Waals surface area contributed by atoms with Crippen LogP contribution in [0.1, 0.15) is 57.1 Å². The molecule has 3 atom stereocenters. The van der Waals surface area contributed by atoms with E-state index in [-0.39, 0.29) is 30.9 Å². The number of halogens is 3. The molecule has 0 fully saturated rings. The predicted molar refractivity (Wildman–Crippen MR) is 140 cm³/mol. The Labute approximate surface area is 221 Å². The Bertz CT molecular complexity index is 1260. The van der Waals surface area contributed by atoms with E-state index in [4.69, 9.17) is 5.73 Å². The van der Waals surface area contributed by atoms with E-state index >= 15 is 0 Å². The van der Waals surface area contributed by atoms with E-state index < -0.39 is 47.8 Å². The van der Waals surface area contributed by atoms with Gasteiger partial charge in [-0.05, 0) is 49.4 Å². The third kappa shape index (κ3) is 6.99. The number of aliphatic hydroxyl groups excluding tert-OH is 1. The van der Waals surface area contributed by atoms with Gasteiger partial charge in [-0.25, -0.2) is 22.8 Å². The molecule has 3 N–H and O–H groups in total. The fourth-order valence-corrected chi connectivity index (χ4v) is 4.42. The van der Waals surface area contributed by atoms with Crippen LogP contribution in [0.2, 0.25) is 0 Å². The molecule has 0 unspecified atom stereocenters. The SMILES string of the molecule is Cc1cccc(Cn2nc(-c3cc(F)ccc3F)nc2[C@H](N(CC[C@H](N)CF)C(=O)[C@H](C)O)C(C)(C)C)c1. The van der Waals surface area contributed by atoms with Gasteiger partial charge >= 0.3 is 0 Å². The summed E-state index contributed by atoms with van der Waals surface area (Å²) in [6.45, 7) is 8.52. The van der Waals surface area contributed by atoms with Gasteiger partial charge in [-0.1, -0.05) is 50.6 Å². The van der Waals surface area contributed by atoms with E-state index in [1.807, 2.05) is 52.0 Å². The number of nitrogens with zero attached hydrogens (tertiary/aromatic N) is 4. The maximum absolute atomic E-state index is 14.7. The summed E-state index contributed by atoms with van der Waals surface area (Å²) in [5.74, 6) is -1.64. The summed E-state index contributed by atoms with van der Waals surface area (Å²) in [5.41, 5.74) is 6.97. The quantitative estimate of drug-likeness (QED) is 0.400. The number of hydrogen-bond acceptors (Lipinski definition) is 5. The van der Waals surface area contributed by atoms with Crippen molar-refractivity contribution in [2.24, 2.45) is 11.1 Å². The Balaban J connectivity index is 2.22. The predicted octanol–water partition coefficient (Wildman–Crippen LogP) is 4.56. The second-order valence-corrected chi connectivity index (χ2v) is 10.7. The highest BCUT2D eigenvalue weighted by atomic mass is 19.1. The molecule has 0 spiro atoms. The molecule has 0 radical (unpaired) electrons. The lowest BCUT2D eigenvalue weighted by atomic mass is 9.84. The van der Waals surface area contributed by atoms with Crippen molar-refractivity contribution in [3.05, 3.63) is 71.1 Å². The lowest BCUT2D eigenvalue weighted by Gasteiger charge is -2.40. The van der Waals surface area contributed by atoms with Crippen molar-refractivity contribution < 1.29 is 23.1 Å². The van der Waals surface area contributed by atoms with E-state index in [2.05, 4.69) is 10.1 Å². The first-order valence-electron chi connectivity index (χ1n) is 12.6. The summed E-state index contributed by atoms with van der Waals surface area (Å²) in [6, 6.07) is 9.22. The maximum atomic E-state index is 14.7. The summed E-state index contributed by atoms with van der Waals surface area (Å²) in [6.07, 6.45) is -1.19. The van der Waals surface area contributed by atoms with Gasteiger partial charge in [0.1, 0.15) is 24.4 Å². The smallest absolute Gasteiger partial charge is 0.251 e. The Morgan fingerprint density at radius 2 is 1.89 bits per heavy atom. The number of alkyl halides is 1. The van der Waals surface area contributed by atoms with Gasteiger partial charge in [0.2, 0.25) is 0 Å². The molecule has 0 saturated heterocycles. The zero-order valence-electron chi connectivity index (χ0n) is 22.5. The highest BCUT2D eigenvalue weighted by molar-refractivity contribution is 5.80. The Morgan fingerprint density at radius 1 is 1.18 bits per heavy atom. The normalized spacial score (nSPS) is 14.3. The van der Waals surface area contributed by atoms with Gasteiger partial charge in [-0.3, -0.25) is 4.79 Å². The number of aliphatic hydroxyl groups is 1. The van der Waals surface area contributed by atoms with Crippen LogP contribution >= 0.6 is 0 Å². The monoisotopic (exact) mass is 531 g/mol. The second kappa shape index (κ2) is 12.1. The van der Waals surface area contributed by atoms with Gasteiger partial charge in [0.05, 0.1) is 18.2 Å². The standard InChI is InChI=1S/C28H36F3N5O2/c1-17-7-6-8-19(13-17)16-36-26(33-25(34-36)22-14-20(30)9-10-23(22)31)24(28(3,4)5)35(27(38)18(2)37)12-11-21(32)15-29/h6-10,13-14,18,21,24,37H,11-12,15-16,32H2,1-5H3/t18-,21-,24-/m0/s1. The molecule has 0 aliphatic heterocycles.